The molecule has 1 aliphatic heterocycles. The predicted molar refractivity (Wildman–Crippen MR) is 217 cm³/mol. The van der Waals surface area contributed by atoms with Crippen molar-refractivity contribution in [2.45, 2.75) is 84.4 Å². The minimum atomic E-state index is -3.06. The Morgan fingerprint density at radius 3 is 2.22 bits per heavy atom. The predicted octanol–water partition coefficient (Wildman–Crippen LogP) is 7.86. The number of pyridine rings is 1. The van der Waals surface area contributed by atoms with Crippen LogP contribution < -0.4 is 19.8 Å². The minimum absolute atomic E-state index is 0.181. The number of aryl methyl sites for hydroxylation is 2. The maximum absolute atomic E-state index is 13.8. The Labute approximate surface area is 323 Å². The lowest BCUT2D eigenvalue weighted by molar-refractivity contribution is -0.0527. The van der Waals surface area contributed by atoms with Crippen molar-refractivity contribution < 1.29 is 27.4 Å². The lowest BCUT2D eigenvalue weighted by atomic mass is 10.0. The van der Waals surface area contributed by atoms with Crippen molar-refractivity contribution in [3.05, 3.63) is 90.9 Å². The van der Waals surface area contributed by atoms with Gasteiger partial charge in [-0.25, -0.2) is 9.67 Å². The number of rotatable bonds is 13. The van der Waals surface area contributed by atoms with Crippen LogP contribution in [0.1, 0.15) is 26.5 Å². The molecule has 7 rings (SSSR count). The van der Waals surface area contributed by atoms with E-state index in [4.69, 9.17) is 28.7 Å². The fraction of sp³-hybridized carbons (Fsp3) is 0.390. The molecule has 0 bridgehead atoms. The molecule has 290 valence electrons. The van der Waals surface area contributed by atoms with Crippen LogP contribution >= 0.6 is 0 Å². The zero-order valence-electron chi connectivity index (χ0n) is 32.8. The highest BCUT2D eigenvalue weighted by atomic mass is 28.4. The fourth-order valence-electron chi connectivity index (χ4n) is 7.71. The number of nitrogens with zero attached hydrogens (tertiary/aromatic N) is 6. The zero-order valence-corrected chi connectivity index (χ0v) is 34.8. The van der Waals surface area contributed by atoms with Crippen molar-refractivity contribution >= 4 is 37.8 Å². The number of aromatic nitrogens is 6. The number of fused-ring (bicyclic) bond motifs is 2. The molecule has 1 atom stereocenters. The van der Waals surface area contributed by atoms with E-state index in [0.717, 1.165) is 17.0 Å². The molecule has 0 N–H and O–H groups in total. The van der Waals surface area contributed by atoms with Gasteiger partial charge in [0.25, 0.3) is 8.32 Å². The molecule has 5 heterocycles. The van der Waals surface area contributed by atoms with Crippen LogP contribution in [0.2, 0.25) is 30.7 Å². The van der Waals surface area contributed by atoms with Crippen LogP contribution in [0.5, 0.6) is 11.8 Å². The first kappa shape index (κ1) is 38.6. The van der Waals surface area contributed by atoms with E-state index in [1.54, 1.807) is 19.4 Å². The standard InChI is InChI=1S/C41H50F2N6O4Si2/c1-28-34(39-49(45-28)24-29(26-51-39)53-55(41(2,3)4,30-16-11-9-12-17-30)31-18-13-10-14-19-31)36-35(33-25-47(5)46-38(33)52-40(42)43)32-20-15-21-44-37(32)48(36)27-50-22-23-54(6,7)8/h9-21,25,29,40H,22-24,26-27H2,1-8H3/t29-/m0/s1. The van der Waals surface area contributed by atoms with Gasteiger partial charge < -0.3 is 23.2 Å². The first-order valence-corrected chi connectivity index (χ1v) is 24.3. The first-order chi connectivity index (χ1) is 26.2. The summed E-state index contributed by atoms with van der Waals surface area (Å²) in [5.74, 6) is 0.382. The number of ether oxygens (including phenoxy) is 3. The Morgan fingerprint density at radius 2 is 1.60 bits per heavy atom. The third kappa shape index (κ3) is 7.52. The summed E-state index contributed by atoms with van der Waals surface area (Å²) in [6, 6.07) is 25.8. The lowest BCUT2D eigenvalue weighted by Crippen LogP contribution is -2.68. The number of alkyl halides is 2. The highest BCUT2D eigenvalue weighted by Gasteiger charge is 2.52. The third-order valence-corrected chi connectivity index (χ3v) is 17.0. The highest BCUT2D eigenvalue weighted by Crippen LogP contribution is 2.48. The van der Waals surface area contributed by atoms with Crippen LogP contribution in [0, 0.1) is 6.92 Å². The van der Waals surface area contributed by atoms with Gasteiger partial charge in [-0.3, -0.25) is 4.68 Å². The third-order valence-electron chi connectivity index (χ3n) is 10.2. The van der Waals surface area contributed by atoms with E-state index < -0.39 is 23.0 Å². The quantitative estimate of drug-likeness (QED) is 0.0871. The largest absolute Gasteiger partial charge is 0.475 e. The molecule has 6 aromatic rings. The molecule has 0 amide bonds. The van der Waals surface area contributed by atoms with Crippen molar-refractivity contribution in [3.8, 4) is 34.1 Å². The average molecular weight is 785 g/mol. The summed E-state index contributed by atoms with van der Waals surface area (Å²) in [6.07, 6.45) is 3.10. The molecule has 0 spiro atoms. The summed E-state index contributed by atoms with van der Waals surface area (Å²) >= 11 is 0. The number of hydrogen-bond donors (Lipinski definition) is 0. The van der Waals surface area contributed by atoms with E-state index in [0.29, 0.717) is 47.2 Å². The van der Waals surface area contributed by atoms with Crippen LogP contribution in [0.25, 0.3) is 33.4 Å². The topological polar surface area (TPSA) is 90.4 Å². The summed E-state index contributed by atoms with van der Waals surface area (Å²) < 4.78 is 58.5. The molecular formula is C41H50F2N6O4Si2. The second-order valence-electron chi connectivity index (χ2n) is 16.4. The van der Waals surface area contributed by atoms with E-state index in [2.05, 4.69) is 94.0 Å². The van der Waals surface area contributed by atoms with Crippen LogP contribution in [0.15, 0.2) is 85.2 Å². The van der Waals surface area contributed by atoms with Gasteiger partial charge in [0.1, 0.15) is 19.0 Å². The SMILES string of the molecule is Cc1nn2c(c1-c1c(-c3cn(C)nc3OC(F)F)c3cccnc3n1COCC[Si](C)(C)C)OC[C@@H](O[Si](c1ccccc1)(c1ccccc1)C(C)(C)C)C2. The monoisotopic (exact) mass is 784 g/mol. The lowest BCUT2D eigenvalue weighted by Gasteiger charge is -2.45. The minimum Gasteiger partial charge on any atom is -0.475 e. The second-order valence-corrected chi connectivity index (χ2v) is 26.3. The molecular weight excluding hydrogens is 735 g/mol. The van der Waals surface area contributed by atoms with Crippen LogP contribution in [0.4, 0.5) is 8.78 Å². The highest BCUT2D eigenvalue weighted by molar-refractivity contribution is 6.99. The molecule has 2 aromatic carbocycles. The van der Waals surface area contributed by atoms with Gasteiger partial charge in [0.05, 0.1) is 35.2 Å². The molecule has 1 aliphatic rings. The first-order valence-electron chi connectivity index (χ1n) is 18.7. The van der Waals surface area contributed by atoms with Crippen LogP contribution in [0.3, 0.4) is 0 Å². The molecule has 0 aliphatic carbocycles. The molecule has 0 unspecified atom stereocenters. The maximum Gasteiger partial charge on any atom is 0.388 e. The molecule has 0 saturated carbocycles. The Kier molecular flexibility index (Phi) is 10.6. The number of benzene rings is 2. The van der Waals surface area contributed by atoms with Crippen LogP contribution in [-0.4, -0.2) is 71.4 Å². The van der Waals surface area contributed by atoms with Crippen LogP contribution in [-0.2, 0) is 29.5 Å². The molecule has 14 heteroatoms. The second kappa shape index (κ2) is 15.1. The van der Waals surface area contributed by atoms with Crippen molar-refractivity contribution in [1.82, 2.24) is 29.1 Å². The van der Waals surface area contributed by atoms with E-state index in [1.165, 1.54) is 15.1 Å². The molecule has 0 saturated heterocycles. The van der Waals surface area contributed by atoms with E-state index in [-0.39, 0.29) is 30.4 Å². The summed E-state index contributed by atoms with van der Waals surface area (Å²) in [4.78, 5) is 4.79. The maximum atomic E-state index is 13.8. The summed E-state index contributed by atoms with van der Waals surface area (Å²) in [7, 11) is -2.60. The number of hydrogen-bond acceptors (Lipinski definition) is 7. The van der Waals surface area contributed by atoms with Gasteiger partial charge in [-0.15, -0.1) is 5.10 Å². The van der Waals surface area contributed by atoms with Crippen molar-refractivity contribution in [2.24, 2.45) is 7.05 Å². The van der Waals surface area contributed by atoms with E-state index in [9.17, 15) is 8.78 Å². The number of halogens is 2. The van der Waals surface area contributed by atoms with E-state index >= 15 is 0 Å². The zero-order chi connectivity index (χ0) is 39.1. The smallest absolute Gasteiger partial charge is 0.388 e. The van der Waals surface area contributed by atoms with Gasteiger partial charge in [0.15, 0.2) is 0 Å². The Hall–Kier alpha value is -4.64. The summed E-state index contributed by atoms with van der Waals surface area (Å²) in [5.41, 5.74) is 3.77. The Bertz CT molecular complexity index is 2220. The molecule has 10 nitrogen and oxygen atoms in total. The molecule has 4 aromatic heterocycles. The Morgan fingerprint density at radius 1 is 0.927 bits per heavy atom. The fourth-order valence-corrected chi connectivity index (χ4v) is 13.1. The van der Waals surface area contributed by atoms with Gasteiger partial charge in [0, 0.05) is 45.1 Å². The average Bonchev–Trinajstić information content (AvgIpc) is 3.76. The summed E-state index contributed by atoms with van der Waals surface area (Å²) in [5, 5.41) is 12.2. The van der Waals surface area contributed by atoms with Crippen molar-refractivity contribution in [3.63, 3.8) is 0 Å². The van der Waals surface area contributed by atoms with E-state index in [1.807, 2.05) is 40.4 Å². The normalized spacial score (nSPS) is 15.1. The van der Waals surface area contributed by atoms with Gasteiger partial charge in [-0.05, 0) is 40.5 Å². The van der Waals surface area contributed by atoms with Gasteiger partial charge in [-0.2, -0.15) is 13.9 Å². The molecule has 0 fully saturated rings. The molecule has 55 heavy (non-hydrogen) atoms. The van der Waals surface area contributed by atoms with Gasteiger partial charge in [0.2, 0.25) is 11.8 Å². The van der Waals surface area contributed by atoms with Crippen molar-refractivity contribution in [2.75, 3.05) is 13.2 Å². The van der Waals surface area contributed by atoms with Crippen molar-refractivity contribution in [1.29, 1.82) is 0 Å². The summed E-state index contributed by atoms with van der Waals surface area (Å²) in [6.45, 7) is 14.1. The van der Waals surface area contributed by atoms with Gasteiger partial charge >= 0.3 is 6.61 Å². The Balaban J connectivity index is 1.35. The molecule has 0 radical (unpaired) electrons. The van der Waals surface area contributed by atoms with Gasteiger partial charge in [-0.1, -0.05) is 101 Å².